The van der Waals surface area contributed by atoms with Gasteiger partial charge in [-0.2, -0.15) is 0 Å². The number of fused-ring (bicyclic) bond motifs is 1. The van der Waals surface area contributed by atoms with Crippen LogP contribution in [0.3, 0.4) is 0 Å². The maximum Gasteiger partial charge on any atom is 0.164 e. The molecule has 3 aromatic heterocycles. The Kier molecular flexibility index (Phi) is 4.18. The summed E-state index contributed by atoms with van der Waals surface area (Å²) in [6.07, 6.45) is -1.62. The lowest BCUT2D eigenvalue weighted by molar-refractivity contribution is -0.134. The zero-order chi connectivity index (χ0) is 18.6. The van der Waals surface area contributed by atoms with Gasteiger partial charge < -0.3 is 30.4 Å². The van der Waals surface area contributed by atoms with Crippen molar-refractivity contribution >= 4 is 39.8 Å². The second-order valence-corrected chi connectivity index (χ2v) is 8.11. The Morgan fingerprint density at radius 3 is 2.73 bits per heavy atom. The van der Waals surface area contributed by atoms with E-state index in [2.05, 4.69) is 9.97 Å². The highest BCUT2D eigenvalue weighted by molar-refractivity contribution is 7.16. The van der Waals surface area contributed by atoms with Gasteiger partial charge in [-0.25, -0.2) is 9.97 Å². The fourth-order valence-electron chi connectivity index (χ4n) is 3.28. The van der Waals surface area contributed by atoms with Gasteiger partial charge in [0.2, 0.25) is 0 Å². The Hall–Kier alpha value is -1.75. The molecule has 0 aromatic carbocycles. The van der Waals surface area contributed by atoms with Crippen LogP contribution in [-0.2, 0) is 10.3 Å². The first kappa shape index (κ1) is 17.7. The number of nitrogen functional groups attached to an aromatic ring is 1. The smallest absolute Gasteiger partial charge is 0.164 e. The van der Waals surface area contributed by atoms with Crippen molar-refractivity contribution in [3.63, 3.8) is 0 Å². The Morgan fingerprint density at radius 1 is 1.27 bits per heavy atom. The summed E-state index contributed by atoms with van der Waals surface area (Å²) in [5, 5.41) is 32.6. The van der Waals surface area contributed by atoms with E-state index in [1.807, 2.05) is 0 Å². The van der Waals surface area contributed by atoms with E-state index in [1.165, 1.54) is 24.6 Å². The van der Waals surface area contributed by atoms with Crippen molar-refractivity contribution in [2.24, 2.45) is 0 Å². The van der Waals surface area contributed by atoms with E-state index < -0.39 is 30.1 Å². The Balaban J connectivity index is 1.71. The topological polar surface area (TPSA) is 127 Å². The first-order valence-corrected chi connectivity index (χ1v) is 9.07. The third-order valence-electron chi connectivity index (χ3n) is 4.68. The van der Waals surface area contributed by atoms with E-state index in [1.54, 1.807) is 29.0 Å². The second-order valence-electron chi connectivity index (χ2n) is 6.40. The fraction of sp³-hybridized carbons (Fsp3) is 0.375. The van der Waals surface area contributed by atoms with Crippen LogP contribution in [-0.4, -0.2) is 48.2 Å². The van der Waals surface area contributed by atoms with Crippen LogP contribution in [0.1, 0.15) is 18.0 Å². The summed E-state index contributed by atoms with van der Waals surface area (Å²) in [7, 11) is 0. The molecule has 4 heterocycles. The summed E-state index contributed by atoms with van der Waals surface area (Å²) < 4.78 is 7.96. The average Bonchev–Trinajstić information content (AvgIpc) is 3.28. The standard InChI is InChI=1S/C16H17ClN4O4S/c1-16(24,8-2-3-9(17)26-8)12-10(22)11(23)15(25-12)21-5-4-7-13(18)19-6-20-14(7)21/h2-6,10-12,15,22-24H,1H3,(H2,18,19,20)/t10-,11+,12-,15+,16+/m0/s1. The van der Waals surface area contributed by atoms with E-state index in [4.69, 9.17) is 22.1 Å². The molecule has 10 heteroatoms. The van der Waals surface area contributed by atoms with Crippen molar-refractivity contribution in [1.82, 2.24) is 14.5 Å². The Labute approximate surface area is 157 Å². The molecule has 1 aliphatic heterocycles. The fourth-order valence-corrected chi connectivity index (χ4v) is 4.39. The van der Waals surface area contributed by atoms with E-state index in [9.17, 15) is 15.3 Å². The van der Waals surface area contributed by atoms with Crippen LogP contribution < -0.4 is 5.73 Å². The Bertz CT molecular complexity index is 959. The third kappa shape index (κ3) is 2.59. The molecule has 3 aromatic rings. The van der Waals surface area contributed by atoms with Crippen LogP contribution in [0.2, 0.25) is 4.34 Å². The van der Waals surface area contributed by atoms with Crippen LogP contribution >= 0.6 is 22.9 Å². The predicted octanol–water partition coefficient (Wildman–Crippen LogP) is 1.26. The van der Waals surface area contributed by atoms with Gasteiger partial charge in [-0.05, 0) is 25.1 Å². The molecule has 0 amide bonds. The van der Waals surface area contributed by atoms with Crippen LogP contribution in [0.5, 0.6) is 0 Å². The molecule has 0 saturated carbocycles. The van der Waals surface area contributed by atoms with Gasteiger partial charge in [-0.3, -0.25) is 0 Å². The van der Waals surface area contributed by atoms with Crippen molar-refractivity contribution in [3.05, 3.63) is 39.9 Å². The van der Waals surface area contributed by atoms with Crippen molar-refractivity contribution in [3.8, 4) is 0 Å². The largest absolute Gasteiger partial charge is 0.387 e. The highest BCUT2D eigenvalue weighted by Crippen LogP contribution is 2.42. The molecule has 8 nitrogen and oxygen atoms in total. The number of aliphatic hydroxyl groups excluding tert-OH is 2. The zero-order valence-electron chi connectivity index (χ0n) is 13.7. The lowest BCUT2D eigenvalue weighted by Crippen LogP contribution is -2.44. The molecule has 26 heavy (non-hydrogen) atoms. The van der Waals surface area contributed by atoms with E-state index in [-0.39, 0.29) is 0 Å². The van der Waals surface area contributed by atoms with Gasteiger partial charge in [-0.15, -0.1) is 11.3 Å². The number of nitrogens with two attached hydrogens (primary N) is 1. The van der Waals surface area contributed by atoms with Crippen molar-refractivity contribution in [1.29, 1.82) is 0 Å². The summed E-state index contributed by atoms with van der Waals surface area (Å²) in [5.74, 6) is 0.304. The molecule has 1 fully saturated rings. The maximum absolute atomic E-state index is 11.0. The molecule has 138 valence electrons. The maximum atomic E-state index is 11.0. The number of thiophene rings is 1. The van der Waals surface area contributed by atoms with Gasteiger partial charge in [0.05, 0.1) is 9.72 Å². The summed E-state index contributed by atoms with van der Waals surface area (Å²) in [6, 6.07) is 5.03. The first-order chi connectivity index (χ1) is 12.3. The van der Waals surface area contributed by atoms with Crippen LogP contribution in [0.25, 0.3) is 11.0 Å². The number of anilines is 1. The predicted molar refractivity (Wildman–Crippen MR) is 96.8 cm³/mol. The molecule has 5 atom stereocenters. The van der Waals surface area contributed by atoms with Gasteiger partial charge >= 0.3 is 0 Å². The lowest BCUT2D eigenvalue weighted by atomic mass is 9.92. The second kappa shape index (κ2) is 6.15. The molecular weight excluding hydrogens is 380 g/mol. The SMILES string of the molecule is C[C@@](O)(c1ccc(Cl)s1)[C@H]1O[C@@H](n2ccc3c(N)ncnc32)[C@H](O)[C@@H]1O. The molecule has 0 spiro atoms. The molecule has 0 unspecified atom stereocenters. The molecule has 5 N–H and O–H groups in total. The summed E-state index contributed by atoms with van der Waals surface area (Å²) in [6.45, 7) is 1.52. The summed E-state index contributed by atoms with van der Waals surface area (Å²) in [5.41, 5.74) is 4.76. The van der Waals surface area contributed by atoms with Crippen LogP contribution in [0, 0.1) is 0 Å². The number of ether oxygens (including phenoxy) is 1. The molecule has 1 saturated heterocycles. The summed E-state index contributed by atoms with van der Waals surface area (Å²) >= 11 is 7.14. The van der Waals surface area contributed by atoms with Crippen molar-refractivity contribution in [2.75, 3.05) is 5.73 Å². The number of hydrogen-bond donors (Lipinski definition) is 4. The molecule has 0 radical (unpaired) electrons. The lowest BCUT2D eigenvalue weighted by Gasteiger charge is -2.30. The van der Waals surface area contributed by atoms with Gasteiger partial charge in [0, 0.05) is 11.1 Å². The minimum atomic E-state index is -1.54. The van der Waals surface area contributed by atoms with Crippen LogP contribution in [0.15, 0.2) is 30.7 Å². The molecule has 1 aliphatic rings. The van der Waals surface area contributed by atoms with Gasteiger partial charge in [0.1, 0.15) is 41.7 Å². The van der Waals surface area contributed by atoms with Crippen molar-refractivity contribution < 1.29 is 20.1 Å². The molecule has 0 bridgehead atoms. The number of hydrogen-bond acceptors (Lipinski definition) is 8. The number of rotatable bonds is 3. The van der Waals surface area contributed by atoms with E-state index in [0.29, 0.717) is 26.1 Å². The number of halogens is 1. The van der Waals surface area contributed by atoms with E-state index >= 15 is 0 Å². The molecule has 0 aliphatic carbocycles. The van der Waals surface area contributed by atoms with E-state index in [0.717, 1.165) is 0 Å². The van der Waals surface area contributed by atoms with Gasteiger partial charge in [-0.1, -0.05) is 11.6 Å². The highest BCUT2D eigenvalue weighted by Gasteiger charge is 2.52. The quantitative estimate of drug-likeness (QED) is 0.524. The molecular formula is C16H17ClN4O4S. The highest BCUT2D eigenvalue weighted by atomic mass is 35.5. The average molecular weight is 397 g/mol. The number of aliphatic hydroxyl groups is 3. The molecule has 4 rings (SSSR count). The first-order valence-electron chi connectivity index (χ1n) is 7.87. The monoisotopic (exact) mass is 396 g/mol. The van der Waals surface area contributed by atoms with Crippen molar-refractivity contribution in [2.45, 2.75) is 37.1 Å². The normalized spacial score (nSPS) is 28.5. The zero-order valence-corrected chi connectivity index (χ0v) is 15.2. The van der Waals surface area contributed by atoms with Gasteiger partial charge in [0.15, 0.2) is 6.23 Å². The van der Waals surface area contributed by atoms with Gasteiger partial charge in [0.25, 0.3) is 0 Å². The number of aromatic nitrogens is 3. The Morgan fingerprint density at radius 2 is 2.04 bits per heavy atom. The summed E-state index contributed by atoms with van der Waals surface area (Å²) in [4.78, 5) is 8.63. The number of nitrogens with zero attached hydrogens (tertiary/aromatic N) is 3. The van der Waals surface area contributed by atoms with Crippen LogP contribution in [0.4, 0.5) is 5.82 Å². The minimum Gasteiger partial charge on any atom is -0.387 e. The minimum absolute atomic E-state index is 0.304. The third-order valence-corrected chi connectivity index (χ3v) is 6.14.